The number of nitrogens with zero attached hydrogens (tertiary/aromatic N) is 3. The molecule has 0 unspecified atom stereocenters. The van der Waals surface area contributed by atoms with Gasteiger partial charge in [-0.05, 0) is 6.92 Å². The summed E-state index contributed by atoms with van der Waals surface area (Å²) >= 11 is 1.43. The molecule has 0 aromatic carbocycles. The van der Waals surface area contributed by atoms with E-state index in [9.17, 15) is 4.79 Å². The van der Waals surface area contributed by atoms with Gasteiger partial charge in [0.1, 0.15) is 4.88 Å². The second kappa shape index (κ2) is 3.96. The molecule has 0 aliphatic rings. The lowest BCUT2D eigenvalue weighted by Crippen LogP contribution is -2.21. The maximum absolute atomic E-state index is 11.7. The Hall–Kier alpha value is -1.10. The highest BCUT2D eigenvalue weighted by molar-refractivity contribution is 7.11. The van der Waals surface area contributed by atoms with E-state index in [4.69, 9.17) is 0 Å². The fraction of sp³-hybridized carbons (Fsp3) is 0.556. The zero-order valence-corrected chi connectivity index (χ0v) is 9.97. The standard InChI is InChI=1S/C9H15N3OS/c1-6-7(8(13)11(3)4)14-9(10-2)12(6)5/h1-5H3/b10-9-. The zero-order valence-electron chi connectivity index (χ0n) is 9.16. The summed E-state index contributed by atoms with van der Waals surface area (Å²) in [4.78, 5) is 19.0. The van der Waals surface area contributed by atoms with Crippen LogP contribution in [-0.2, 0) is 7.05 Å². The lowest BCUT2D eigenvalue weighted by atomic mass is 10.3. The van der Waals surface area contributed by atoms with Gasteiger partial charge in [0.25, 0.3) is 5.91 Å². The molecule has 0 N–H and O–H groups in total. The summed E-state index contributed by atoms with van der Waals surface area (Å²) in [5.74, 6) is 0.0398. The molecule has 0 radical (unpaired) electrons. The van der Waals surface area contributed by atoms with E-state index in [-0.39, 0.29) is 5.91 Å². The molecule has 4 nitrogen and oxygen atoms in total. The number of aromatic nitrogens is 1. The molecule has 0 atom stereocenters. The third-order valence-corrected chi connectivity index (χ3v) is 3.42. The van der Waals surface area contributed by atoms with Crippen LogP contribution >= 0.6 is 11.3 Å². The van der Waals surface area contributed by atoms with E-state index in [2.05, 4.69) is 4.99 Å². The van der Waals surface area contributed by atoms with Gasteiger partial charge < -0.3 is 9.47 Å². The number of thiazole rings is 1. The second-order valence-electron chi connectivity index (χ2n) is 3.28. The van der Waals surface area contributed by atoms with Gasteiger partial charge in [0, 0.05) is 33.9 Å². The first-order valence-corrected chi connectivity index (χ1v) is 5.11. The van der Waals surface area contributed by atoms with Crippen molar-refractivity contribution >= 4 is 17.2 Å². The topological polar surface area (TPSA) is 37.6 Å². The molecule has 5 heteroatoms. The molecule has 0 aliphatic carbocycles. The van der Waals surface area contributed by atoms with Gasteiger partial charge in [-0.15, -0.1) is 0 Å². The third kappa shape index (κ3) is 1.72. The summed E-state index contributed by atoms with van der Waals surface area (Å²) in [6.07, 6.45) is 0. The highest BCUT2D eigenvalue weighted by Crippen LogP contribution is 2.12. The van der Waals surface area contributed by atoms with E-state index < -0.39 is 0 Å². The molecule has 78 valence electrons. The van der Waals surface area contributed by atoms with Gasteiger partial charge in [0.2, 0.25) is 0 Å². The molecule has 0 fully saturated rings. The molecule has 0 spiro atoms. The van der Waals surface area contributed by atoms with E-state index in [0.717, 1.165) is 15.4 Å². The van der Waals surface area contributed by atoms with Crippen LogP contribution in [0.2, 0.25) is 0 Å². The van der Waals surface area contributed by atoms with Crippen LogP contribution in [-0.4, -0.2) is 36.5 Å². The molecule has 1 aromatic heterocycles. The minimum absolute atomic E-state index is 0.0398. The Morgan fingerprint density at radius 3 is 2.43 bits per heavy atom. The molecule has 1 heterocycles. The number of carbonyl (C=O) groups is 1. The van der Waals surface area contributed by atoms with Crippen LogP contribution in [0.5, 0.6) is 0 Å². The summed E-state index contributed by atoms with van der Waals surface area (Å²) in [6, 6.07) is 0. The zero-order chi connectivity index (χ0) is 10.9. The Labute approximate surface area is 87.5 Å². The minimum Gasteiger partial charge on any atom is -0.344 e. The van der Waals surface area contributed by atoms with Gasteiger partial charge in [-0.3, -0.25) is 9.79 Å². The number of rotatable bonds is 1. The van der Waals surface area contributed by atoms with Crippen LogP contribution in [0.25, 0.3) is 0 Å². The Kier molecular flexibility index (Phi) is 3.10. The van der Waals surface area contributed by atoms with Crippen molar-refractivity contribution in [3.05, 3.63) is 15.4 Å². The number of hydrogen-bond donors (Lipinski definition) is 0. The van der Waals surface area contributed by atoms with Crippen molar-refractivity contribution in [3.8, 4) is 0 Å². The Morgan fingerprint density at radius 1 is 1.50 bits per heavy atom. The molecule has 0 saturated carbocycles. The first kappa shape index (κ1) is 11.0. The molecule has 0 bridgehead atoms. The molecule has 14 heavy (non-hydrogen) atoms. The predicted octanol–water partition coefficient (Wildman–Crippen LogP) is 0.627. The third-order valence-electron chi connectivity index (χ3n) is 2.10. The highest BCUT2D eigenvalue weighted by Gasteiger charge is 2.15. The number of hydrogen-bond acceptors (Lipinski definition) is 3. The average molecular weight is 213 g/mol. The van der Waals surface area contributed by atoms with Crippen molar-refractivity contribution in [2.75, 3.05) is 21.1 Å². The van der Waals surface area contributed by atoms with Crippen LogP contribution in [0.15, 0.2) is 4.99 Å². The van der Waals surface area contributed by atoms with Crippen molar-refractivity contribution in [3.63, 3.8) is 0 Å². The lowest BCUT2D eigenvalue weighted by Gasteiger charge is -2.08. The molecule has 1 amide bonds. The quantitative estimate of drug-likeness (QED) is 0.674. The monoisotopic (exact) mass is 213 g/mol. The molecular weight excluding hydrogens is 198 g/mol. The normalized spacial score (nSPS) is 11.9. The summed E-state index contributed by atoms with van der Waals surface area (Å²) in [5, 5.41) is 0. The van der Waals surface area contributed by atoms with Gasteiger partial charge in [0.15, 0.2) is 4.80 Å². The molecule has 0 saturated heterocycles. The van der Waals surface area contributed by atoms with E-state index in [1.807, 2.05) is 18.5 Å². The van der Waals surface area contributed by atoms with Crippen LogP contribution < -0.4 is 4.80 Å². The van der Waals surface area contributed by atoms with Crippen LogP contribution in [0, 0.1) is 6.92 Å². The summed E-state index contributed by atoms with van der Waals surface area (Å²) < 4.78 is 1.93. The fourth-order valence-electron chi connectivity index (χ4n) is 1.13. The van der Waals surface area contributed by atoms with Gasteiger partial charge in [-0.2, -0.15) is 0 Å². The molecule has 1 aromatic rings. The lowest BCUT2D eigenvalue weighted by molar-refractivity contribution is 0.0831. The van der Waals surface area contributed by atoms with E-state index in [1.165, 1.54) is 11.3 Å². The van der Waals surface area contributed by atoms with Gasteiger partial charge in [-0.1, -0.05) is 11.3 Å². The first-order valence-electron chi connectivity index (χ1n) is 4.30. The van der Waals surface area contributed by atoms with Crippen molar-refractivity contribution in [1.29, 1.82) is 0 Å². The van der Waals surface area contributed by atoms with Crippen LogP contribution in [0.3, 0.4) is 0 Å². The van der Waals surface area contributed by atoms with Gasteiger partial charge in [-0.25, -0.2) is 0 Å². The van der Waals surface area contributed by atoms with Crippen LogP contribution in [0.4, 0.5) is 0 Å². The van der Waals surface area contributed by atoms with Gasteiger partial charge >= 0.3 is 0 Å². The largest absolute Gasteiger partial charge is 0.344 e. The van der Waals surface area contributed by atoms with Crippen molar-refractivity contribution < 1.29 is 4.79 Å². The SMILES string of the molecule is C/N=c1\sc(C(=O)N(C)C)c(C)n1C. The summed E-state index contributed by atoms with van der Waals surface area (Å²) in [6.45, 7) is 1.93. The van der Waals surface area contributed by atoms with E-state index in [1.54, 1.807) is 26.0 Å². The summed E-state index contributed by atoms with van der Waals surface area (Å²) in [7, 11) is 7.16. The van der Waals surface area contributed by atoms with Gasteiger partial charge in [0.05, 0.1) is 0 Å². The average Bonchev–Trinajstić information content (AvgIpc) is 2.43. The Morgan fingerprint density at radius 2 is 2.07 bits per heavy atom. The molecule has 1 rings (SSSR count). The Balaban J connectivity index is 3.31. The molecule has 0 aliphatic heterocycles. The molecular formula is C9H15N3OS. The maximum Gasteiger partial charge on any atom is 0.265 e. The maximum atomic E-state index is 11.7. The van der Waals surface area contributed by atoms with E-state index >= 15 is 0 Å². The first-order chi connectivity index (χ1) is 6.49. The van der Waals surface area contributed by atoms with E-state index in [0.29, 0.717) is 0 Å². The minimum atomic E-state index is 0.0398. The van der Waals surface area contributed by atoms with Crippen molar-refractivity contribution in [1.82, 2.24) is 9.47 Å². The number of carbonyl (C=O) groups excluding carboxylic acids is 1. The second-order valence-corrected chi connectivity index (χ2v) is 4.26. The highest BCUT2D eigenvalue weighted by atomic mass is 32.1. The van der Waals surface area contributed by atoms with Crippen molar-refractivity contribution in [2.24, 2.45) is 12.0 Å². The smallest absolute Gasteiger partial charge is 0.265 e. The Bertz CT molecular complexity index is 414. The predicted molar refractivity (Wildman–Crippen MR) is 57.5 cm³/mol. The van der Waals surface area contributed by atoms with Crippen LogP contribution in [0.1, 0.15) is 15.4 Å². The fourth-order valence-corrected chi connectivity index (χ4v) is 2.23. The summed E-state index contributed by atoms with van der Waals surface area (Å²) in [5.41, 5.74) is 0.967. The van der Waals surface area contributed by atoms with Crippen molar-refractivity contribution in [2.45, 2.75) is 6.92 Å². The number of amides is 1.